The van der Waals surface area contributed by atoms with Crippen molar-refractivity contribution in [1.82, 2.24) is 9.62 Å². The van der Waals surface area contributed by atoms with Crippen molar-refractivity contribution in [3.8, 4) is 0 Å². The third-order valence-corrected chi connectivity index (χ3v) is 4.46. The SMILES string of the molecule is CCCN1CCC(NS(=O)(=O)CCl)CC1. The number of likely N-dealkylation sites (tertiary alicyclic amines) is 1. The summed E-state index contributed by atoms with van der Waals surface area (Å²) in [6, 6.07) is 0.0712. The largest absolute Gasteiger partial charge is 0.303 e. The monoisotopic (exact) mass is 254 g/mol. The topological polar surface area (TPSA) is 49.4 Å². The first-order valence-corrected chi connectivity index (χ1v) is 7.54. The summed E-state index contributed by atoms with van der Waals surface area (Å²) in [7, 11) is -3.25. The molecule has 15 heavy (non-hydrogen) atoms. The molecule has 1 N–H and O–H groups in total. The lowest BCUT2D eigenvalue weighted by Crippen LogP contribution is -2.44. The molecule has 1 heterocycles. The number of alkyl halides is 1. The first kappa shape index (κ1) is 13.2. The number of halogens is 1. The molecule has 0 aromatic carbocycles. The van der Waals surface area contributed by atoms with Crippen LogP contribution in [0.5, 0.6) is 0 Å². The number of hydrogen-bond acceptors (Lipinski definition) is 3. The summed E-state index contributed by atoms with van der Waals surface area (Å²) >= 11 is 5.33. The minimum Gasteiger partial charge on any atom is -0.303 e. The Balaban J connectivity index is 2.32. The lowest BCUT2D eigenvalue weighted by molar-refractivity contribution is 0.208. The van der Waals surface area contributed by atoms with E-state index in [0.717, 1.165) is 38.9 Å². The Bertz CT molecular complexity index is 274. The van der Waals surface area contributed by atoms with Gasteiger partial charge in [-0.3, -0.25) is 0 Å². The molecule has 1 aliphatic heterocycles. The van der Waals surface area contributed by atoms with Gasteiger partial charge in [-0.1, -0.05) is 6.92 Å². The number of piperidine rings is 1. The first-order chi connectivity index (χ1) is 7.07. The summed E-state index contributed by atoms with van der Waals surface area (Å²) < 4.78 is 25.1. The molecule has 0 spiro atoms. The average molecular weight is 255 g/mol. The summed E-state index contributed by atoms with van der Waals surface area (Å²) in [5.41, 5.74) is 0. The molecule has 0 saturated carbocycles. The van der Waals surface area contributed by atoms with Crippen LogP contribution in [0.1, 0.15) is 26.2 Å². The molecule has 0 aromatic heterocycles. The van der Waals surface area contributed by atoms with Crippen LogP contribution in [0.4, 0.5) is 0 Å². The quantitative estimate of drug-likeness (QED) is 0.744. The van der Waals surface area contributed by atoms with Crippen molar-refractivity contribution in [3.05, 3.63) is 0 Å². The predicted octanol–water partition coefficient (Wildman–Crippen LogP) is 0.977. The molecule has 90 valence electrons. The Labute approximate surface area is 97.0 Å². The highest BCUT2D eigenvalue weighted by Gasteiger charge is 2.22. The van der Waals surface area contributed by atoms with E-state index in [0.29, 0.717) is 0 Å². The van der Waals surface area contributed by atoms with Crippen molar-refractivity contribution in [3.63, 3.8) is 0 Å². The van der Waals surface area contributed by atoms with E-state index < -0.39 is 10.0 Å². The zero-order valence-corrected chi connectivity index (χ0v) is 10.6. The third kappa shape index (κ3) is 4.68. The van der Waals surface area contributed by atoms with Gasteiger partial charge in [-0.25, -0.2) is 13.1 Å². The Morgan fingerprint density at radius 1 is 1.40 bits per heavy atom. The van der Waals surface area contributed by atoms with Crippen LogP contribution >= 0.6 is 11.6 Å². The molecule has 1 rings (SSSR count). The van der Waals surface area contributed by atoms with Crippen molar-refractivity contribution in [2.75, 3.05) is 24.8 Å². The lowest BCUT2D eigenvalue weighted by atomic mass is 10.1. The first-order valence-electron chi connectivity index (χ1n) is 5.35. The minimum atomic E-state index is -3.25. The molecular weight excluding hydrogens is 236 g/mol. The number of hydrogen-bond donors (Lipinski definition) is 1. The van der Waals surface area contributed by atoms with Crippen LogP contribution < -0.4 is 4.72 Å². The maximum atomic E-state index is 11.2. The van der Waals surface area contributed by atoms with E-state index in [-0.39, 0.29) is 11.3 Å². The van der Waals surface area contributed by atoms with Crippen molar-refractivity contribution in [1.29, 1.82) is 0 Å². The Hall–Kier alpha value is 0.160. The van der Waals surface area contributed by atoms with Gasteiger partial charge in [-0.05, 0) is 38.9 Å². The molecule has 0 radical (unpaired) electrons. The lowest BCUT2D eigenvalue weighted by Gasteiger charge is -2.31. The number of rotatable bonds is 5. The van der Waals surface area contributed by atoms with E-state index in [1.165, 1.54) is 0 Å². The van der Waals surface area contributed by atoms with Crippen molar-refractivity contribution >= 4 is 21.6 Å². The third-order valence-electron chi connectivity index (χ3n) is 2.62. The predicted molar refractivity (Wildman–Crippen MR) is 62.5 cm³/mol. The highest BCUT2D eigenvalue weighted by Crippen LogP contribution is 2.11. The van der Waals surface area contributed by atoms with Gasteiger partial charge in [0.05, 0.1) is 0 Å². The Kier molecular flexibility index (Phi) is 5.32. The second kappa shape index (κ2) is 6.03. The Morgan fingerprint density at radius 2 is 2.00 bits per heavy atom. The zero-order valence-electron chi connectivity index (χ0n) is 9.08. The maximum absolute atomic E-state index is 11.2. The molecule has 4 nitrogen and oxygen atoms in total. The molecule has 0 atom stereocenters. The van der Waals surface area contributed by atoms with Crippen LogP contribution in [0.25, 0.3) is 0 Å². The van der Waals surface area contributed by atoms with E-state index in [1.54, 1.807) is 0 Å². The van der Waals surface area contributed by atoms with Crippen molar-refractivity contribution < 1.29 is 8.42 Å². The van der Waals surface area contributed by atoms with Crippen LogP contribution in [0.15, 0.2) is 0 Å². The van der Waals surface area contributed by atoms with E-state index in [4.69, 9.17) is 11.6 Å². The van der Waals surface area contributed by atoms with Crippen LogP contribution in [-0.4, -0.2) is 44.2 Å². The van der Waals surface area contributed by atoms with Crippen LogP contribution in [0.3, 0.4) is 0 Å². The molecule has 1 fully saturated rings. The number of sulfonamides is 1. The van der Waals surface area contributed by atoms with Gasteiger partial charge in [-0.15, -0.1) is 11.6 Å². The van der Waals surface area contributed by atoms with Gasteiger partial charge >= 0.3 is 0 Å². The molecule has 0 amide bonds. The van der Waals surface area contributed by atoms with Gasteiger partial charge in [0.15, 0.2) is 0 Å². The van der Waals surface area contributed by atoms with Gasteiger partial charge in [0, 0.05) is 6.04 Å². The summed E-state index contributed by atoms with van der Waals surface area (Å²) in [6.07, 6.45) is 2.92. The molecule has 0 aromatic rings. The van der Waals surface area contributed by atoms with Gasteiger partial charge < -0.3 is 4.90 Å². The van der Waals surface area contributed by atoms with Gasteiger partial charge in [0.2, 0.25) is 10.0 Å². The molecule has 6 heteroatoms. The number of nitrogens with zero attached hydrogens (tertiary/aromatic N) is 1. The van der Waals surface area contributed by atoms with Gasteiger partial charge in [0.25, 0.3) is 0 Å². The van der Waals surface area contributed by atoms with E-state index in [2.05, 4.69) is 16.5 Å². The molecule has 0 unspecified atom stereocenters. The molecule has 1 saturated heterocycles. The smallest absolute Gasteiger partial charge is 0.225 e. The van der Waals surface area contributed by atoms with Crippen LogP contribution in [-0.2, 0) is 10.0 Å². The van der Waals surface area contributed by atoms with Crippen molar-refractivity contribution in [2.45, 2.75) is 32.2 Å². The van der Waals surface area contributed by atoms with Crippen LogP contribution in [0, 0.1) is 0 Å². The Morgan fingerprint density at radius 3 is 2.47 bits per heavy atom. The fourth-order valence-electron chi connectivity index (χ4n) is 1.88. The standard InChI is InChI=1S/C9H19ClN2O2S/c1-2-5-12-6-3-9(4-7-12)11-15(13,14)8-10/h9,11H,2-8H2,1H3. The van der Waals surface area contributed by atoms with Crippen molar-refractivity contribution in [2.24, 2.45) is 0 Å². The van der Waals surface area contributed by atoms with E-state index in [9.17, 15) is 8.42 Å². The molecule has 0 bridgehead atoms. The summed E-state index contributed by atoms with van der Waals surface area (Å²) in [5, 5.41) is -0.345. The van der Waals surface area contributed by atoms with E-state index >= 15 is 0 Å². The summed E-state index contributed by atoms with van der Waals surface area (Å²) in [5.74, 6) is 0. The van der Waals surface area contributed by atoms with Gasteiger partial charge in [-0.2, -0.15) is 0 Å². The highest BCUT2D eigenvalue weighted by atomic mass is 35.5. The summed E-state index contributed by atoms with van der Waals surface area (Å²) in [6.45, 7) is 5.21. The average Bonchev–Trinajstić information content (AvgIpc) is 2.21. The van der Waals surface area contributed by atoms with Gasteiger partial charge in [0.1, 0.15) is 5.21 Å². The van der Waals surface area contributed by atoms with E-state index in [1.807, 2.05) is 0 Å². The summed E-state index contributed by atoms with van der Waals surface area (Å²) in [4.78, 5) is 2.37. The fourth-order valence-corrected chi connectivity index (χ4v) is 2.87. The second-order valence-electron chi connectivity index (χ2n) is 3.96. The molecule has 0 aliphatic carbocycles. The highest BCUT2D eigenvalue weighted by molar-refractivity contribution is 7.90. The molecule has 1 aliphatic rings. The maximum Gasteiger partial charge on any atom is 0.225 e. The fraction of sp³-hybridized carbons (Fsp3) is 1.00. The van der Waals surface area contributed by atoms with Crippen LogP contribution in [0.2, 0.25) is 0 Å². The minimum absolute atomic E-state index is 0.0712. The molecular formula is C9H19ClN2O2S. The zero-order chi connectivity index (χ0) is 11.3. The normalized spacial score (nSPS) is 20.7. The number of nitrogens with one attached hydrogen (secondary N) is 1. The second-order valence-corrected chi connectivity index (χ2v) is 6.30.